The van der Waals surface area contributed by atoms with Crippen molar-refractivity contribution in [2.75, 3.05) is 6.61 Å². The molecule has 1 aromatic heterocycles. The van der Waals surface area contributed by atoms with E-state index in [1.54, 1.807) is 6.07 Å². The Hall–Kier alpha value is -1.38. The molecule has 4 unspecified atom stereocenters. The summed E-state index contributed by atoms with van der Waals surface area (Å²) in [5.74, 6) is -0.882. The third-order valence-corrected chi connectivity index (χ3v) is 2.44. The van der Waals surface area contributed by atoms with E-state index in [0.29, 0.717) is 0 Å². The molecule has 0 saturated carbocycles. The van der Waals surface area contributed by atoms with Gasteiger partial charge in [0.2, 0.25) is 5.78 Å². The normalized spacial score (nSPS) is 17.8. The molecule has 7 heteroatoms. The number of aliphatic hydroxyl groups is 5. The van der Waals surface area contributed by atoms with Gasteiger partial charge in [-0.1, -0.05) is 6.07 Å². The summed E-state index contributed by atoms with van der Waals surface area (Å²) in [5.41, 5.74) is -0.0743. The topological polar surface area (TPSA) is 131 Å². The minimum atomic E-state index is -1.93. The first-order chi connectivity index (χ1) is 8.49. The highest BCUT2D eigenvalue weighted by molar-refractivity contribution is 5.98. The summed E-state index contributed by atoms with van der Waals surface area (Å²) < 4.78 is 0. The summed E-state index contributed by atoms with van der Waals surface area (Å²) in [7, 11) is 0. The van der Waals surface area contributed by atoms with Gasteiger partial charge >= 0.3 is 0 Å². The summed E-state index contributed by atoms with van der Waals surface area (Å²) in [6.45, 7) is -0.803. The zero-order valence-electron chi connectivity index (χ0n) is 9.42. The molecule has 5 N–H and O–H groups in total. The lowest BCUT2D eigenvalue weighted by Crippen LogP contribution is -2.48. The van der Waals surface area contributed by atoms with Crippen molar-refractivity contribution in [2.45, 2.75) is 24.4 Å². The van der Waals surface area contributed by atoms with Crippen LogP contribution in [0.15, 0.2) is 24.4 Å². The highest BCUT2D eigenvalue weighted by Gasteiger charge is 2.34. The van der Waals surface area contributed by atoms with E-state index < -0.39 is 36.8 Å². The fourth-order valence-corrected chi connectivity index (χ4v) is 1.34. The second-order valence-electron chi connectivity index (χ2n) is 3.76. The third kappa shape index (κ3) is 3.31. The number of carbonyl (C=O) groups is 1. The fraction of sp³-hybridized carbons (Fsp3) is 0.455. The van der Waals surface area contributed by atoms with Gasteiger partial charge in [-0.2, -0.15) is 0 Å². The molecule has 1 rings (SSSR count). The summed E-state index contributed by atoms with van der Waals surface area (Å²) >= 11 is 0. The van der Waals surface area contributed by atoms with Crippen LogP contribution in [0, 0.1) is 0 Å². The van der Waals surface area contributed by atoms with Crippen LogP contribution in [0.1, 0.15) is 10.5 Å². The van der Waals surface area contributed by atoms with Gasteiger partial charge < -0.3 is 25.5 Å². The van der Waals surface area contributed by atoms with Gasteiger partial charge in [0.25, 0.3) is 0 Å². The van der Waals surface area contributed by atoms with Crippen LogP contribution in [0.3, 0.4) is 0 Å². The second kappa shape index (κ2) is 6.53. The largest absolute Gasteiger partial charge is 0.394 e. The van der Waals surface area contributed by atoms with E-state index in [4.69, 9.17) is 10.2 Å². The molecule has 0 bridgehead atoms. The smallest absolute Gasteiger partial charge is 0.212 e. The van der Waals surface area contributed by atoms with Crippen molar-refractivity contribution < 1.29 is 30.3 Å². The second-order valence-corrected chi connectivity index (χ2v) is 3.76. The number of carbonyl (C=O) groups excluding carboxylic acids is 1. The molecule has 4 atom stereocenters. The number of hydrogen-bond acceptors (Lipinski definition) is 7. The highest BCUT2D eigenvalue weighted by Crippen LogP contribution is 2.09. The molecule has 0 spiro atoms. The van der Waals surface area contributed by atoms with Gasteiger partial charge in [0.15, 0.2) is 0 Å². The van der Waals surface area contributed by atoms with Crippen molar-refractivity contribution >= 4 is 5.78 Å². The standard InChI is InChI=1S/C11H15NO6/c13-5-7(14)9(16)11(18)10(17)8(15)6-3-1-2-4-12-6/h1-4,7,9-11,13-14,16-18H,5H2. The number of nitrogens with zero attached hydrogens (tertiary/aromatic N) is 1. The summed E-state index contributed by atoms with van der Waals surface area (Å²) in [6, 6.07) is 4.44. The Morgan fingerprint density at radius 2 is 1.83 bits per heavy atom. The Morgan fingerprint density at radius 1 is 1.17 bits per heavy atom. The van der Waals surface area contributed by atoms with Crippen LogP contribution in [0.2, 0.25) is 0 Å². The molecule has 18 heavy (non-hydrogen) atoms. The average Bonchev–Trinajstić information content (AvgIpc) is 2.44. The Balaban J connectivity index is 2.75. The van der Waals surface area contributed by atoms with Crippen LogP contribution in [0.4, 0.5) is 0 Å². The van der Waals surface area contributed by atoms with Crippen LogP contribution < -0.4 is 0 Å². The van der Waals surface area contributed by atoms with E-state index in [-0.39, 0.29) is 5.69 Å². The van der Waals surface area contributed by atoms with Crippen molar-refractivity contribution in [3.63, 3.8) is 0 Å². The van der Waals surface area contributed by atoms with Crippen molar-refractivity contribution in [1.29, 1.82) is 0 Å². The molecular formula is C11H15NO6. The molecule has 7 nitrogen and oxygen atoms in total. The molecule has 0 fully saturated rings. The maximum Gasteiger partial charge on any atom is 0.212 e. The molecule has 1 heterocycles. The first-order valence-electron chi connectivity index (χ1n) is 5.27. The Morgan fingerprint density at radius 3 is 2.33 bits per heavy atom. The van der Waals surface area contributed by atoms with E-state index in [1.165, 1.54) is 18.3 Å². The molecule has 0 amide bonds. The predicted octanol–water partition coefficient (Wildman–Crippen LogP) is -2.30. The lowest BCUT2D eigenvalue weighted by atomic mass is 9.99. The Bertz CT molecular complexity index is 384. The van der Waals surface area contributed by atoms with E-state index in [9.17, 15) is 20.1 Å². The van der Waals surface area contributed by atoms with Gasteiger partial charge in [-0.05, 0) is 12.1 Å². The summed E-state index contributed by atoms with van der Waals surface area (Å²) in [6.07, 6.45) is -5.99. The molecule has 100 valence electrons. The number of hydrogen-bond donors (Lipinski definition) is 5. The number of aliphatic hydroxyl groups excluding tert-OH is 5. The zero-order chi connectivity index (χ0) is 13.7. The minimum absolute atomic E-state index is 0.0743. The summed E-state index contributed by atoms with van der Waals surface area (Å²) in [5, 5.41) is 46.1. The van der Waals surface area contributed by atoms with Gasteiger partial charge in [-0.3, -0.25) is 9.78 Å². The van der Waals surface area contributed by atoms with Gasteiger partial charge in [-0.15, -0.1) is 0 Å². The number of aromatic nitrogens is 1. The van der Waals surface area contributed by atoms with E-state index >= 15 is 0 Å². The van der Waals surface area contributed by atoms with Crippen LogP contribution in [-0.4, -0.2) is 67.3 Å². The predicted molar refractivity (Wildman–Crippen MR) is 59.7 cm³/mol. The average molecular weight is 257 g/mol. The molecule has 0 saturated heterocycles. The quantitative estimate of drug-likeness (QED) is 0.362. The molecular weight excluding hydrogens is 242 g/mol. The first kappa shape index (κ1) is 14.7. The van der Waals surface area contributed by atoms with E-state index in [1.807, 2.05) is 0 Å². The maximum absolute atomic E-state index is 11.7. The monoisotopic (exact) mass is 257 g/mol. The zero-order valence-corrected chi connectivity index (χ0v) is 9.42. The van der Waals surface area contributed by atoms with Crippen LogP contribution in [0.5, 0.6) is 0 Å². The molecule has 0 aliphatic carbocycles. The summed E-state index contributed by atoms with van der Waals surface area (Å²) in [4.78, 5) is 15.4. The Kier molecular flexibility index (Phi) is 5.32. The number of rotatable bonds is 6. The van der Waals surface area contributed by atoms with Crippen molar-refractivity contribution in [1.82, 2.24) is 4.98 Å². The number of Topliss-reactive ketones (excluding diaryl/α,β-unsaturated/α-hetero) is 1. The van der Waals surface area contributed by atoms with E-state index in [2.05, 4.69) is 4.98 Å². The van der Waals surface area contributed by atoms with Gasteiger partial charge in [0.05, 0.1) is 6.61 Å². The number of ketones is 1. The Labute approximate surface area is 103 Å². The van der Waals surface area contributed by atoms with Gasteiger partial charge in [-0.25, -0.2) is 0 Å². The van der Waals surface area contributed by atoms with Gasteiger partial charge in [0, 0.05) is 6.20 Å². The minimum Gasteiger partial charge on any atom is -0.394 e. The lowest BCUT2D eigenvalue weighted by Gasteiger charge is -2.24. The number of pyridine rings is 1. The molecule has 0 aliphatic rings. The van der Waals surface area contributed by atoms with Crippen molar-refractivity contribution in [2.24, 2.45) is 0 Å². The highest BCUT2D eigenvalue weighted by atomic mass is 16.4. The lowest BCUT2D eigenvalue weighted by molar-refractivity contribution is -0.105. The van der Waals surface area contributed by atoms with Crippen molar-refractivity contribution in [3.8, 4) is 0 Å². The van der Waals surface area contributed by atoms with Crippen LogP contribution >= 0.6 is 0 Å². The SMILES string of the molecule is O=C(c1ccccn1)C(O)C(O)C(O)C(O)CO. The first-order valence-corrected chi connectivity index (χ1v) is 5.27. The van der Waals surface area contributed by atoms with Gasteiger partial charge in [0.1, 0.15) is 30.1 Å². The fourth-order valence-electron chi connectivity index (χ4n) is 1.34. The maximum atomic E-state index is 11.7. The van der Waals surface area contributed by atoms with Crippen LogP contribution in [0.25, 0.3) is 0 Å². The molecule has 1 aromatic rings. The molecule has 0 radical (unpaired) electrons. The van der Waals surface area contributed by atoms with E-state index in [0.717, 1.165) is 0 Å². The van der Waals surface area contributed by atoms with Crippen LogP contribution in [-0.2, 0) is 0 Å². The molecule has 0 aromatic carbocycles. The molecule has 0 aliphatic heterocycles. The van der Waals surface area contributed by atoms with Crippen molar-refractivity contribution in [3.05, 3.63) is 30.1 Å². The third-order valence-electron chi connectivity index (χ3n) is 2.44.